The van der Waals surface area contributed by atoms with E-state index in [0.717, 1.165) is 11.4 Å². The molecule has 0 amide bonds. The molecule has 46 heavy (non-hydrogen) atoms. The van der Waals surface area contributed by atoms with Crippen molar-refractivity contribution >= 4 is 49.4 Å². The minimum atomic E-state index is -0.103. The highest BCUT2D eigenvalue weighted by molar-refractivity contribution is 6.24. The first-order valence-electron chi connectivity index (χ1n) is 16.1. The second-order valence-electron chi connectivity index (χ2n) is 12.9. The van der Waals surface area contributed by atoms with Gasteiger partial charge >= 0.3 is 0 Å². The van der Waals surface area contributed by atoms with Crippen LogP contribution in [0.5, 0.6) is 0 Å². The normalized spacial score (nSPS) is 13.2. The third-order valence-corrected chi connectivity index (χ3v) is 10.0. The standard InChI is InChI=1S/C45H33N/c1-45(2)39-20-10-8-19-37(39)38-28-27-34(29-40(38)45)46(41-21-11-9-17-35(41)30-13-4-3-5-14-30)42-22-12-16-32-25-26-33-24-23-31-15-6-7-18-36(31)43(33)44(32)42/h3-29H,1-2H3. The van der Waals surface area contributed by atoms with Gasteiger partial charge in [-0.15, -0.1) is 0 Å². The van der Waals surface area contributed by atoms with E-state index in [4.69, 9.17) is 0 Å². The molecular formula is C45H33N. The van der Waals surface area contributed by atoms with E-state index < -0.39 is 0 Å². The Bertz CT molecular complexity index is 2450. The van der Waals surface area contributed by atoms with Crippen LogP contribution < -0.4 is 4.90 Å². The van der Waals surface area contributed by atoms with Crippen LogP contribution in [-0.2, 0) is 5.41 Å². The molecule has 218 valence electrons. The van der Waals surface area contributed by atoms with E-state index in [1.807, 2.05) is 0 Å². The lowest BCUT2D eigenvalue weighted by Gasteiger charge is -2.31. The highest BCUT2D eigenvalue weighted by Crippen LogP contribution is 2.52. The van der Waals surface area contributed by atoms with Gasteiger partial charge in [0.15, 0.2) is 0 Å². The summed E-state index contributed by atoms with van der Waals surface area (Å²) in [5.74, 6) is 0. The van der Waals surface area contributed by atoms with Crippen LogP contribution in [0.25, 0.3) is 54.6 Å². The summed E-state index contributed by atoms with van der Waals surface area (Å²) in [7, 11) is 0. The van der Waals surface area contributed by atoms with Gasteiger partial charge in [-0.3, -0.25) is 0 Å². The topological polar surface area (TPSA) is 3.24 Å². The van der Waals surface area contributed by atoms with E-state index in [-0.39, 0.29) is 5.41 Å². The molecule has 0 N–H and O–H groups in total. The summed E-state index contributed by atoms with van der Waals surface area (Å²) in [6.07, 6.45) is 0. The van der Waals surface area contributed by atoms with Crippen LogP contribution in [0.2, 0.25) is 0 Å². The monoisotopic (exact) mass is 587 g/mol. The van der Waals surface area contributed by atoms with Crippen LogP contribution in [0.15, 0.2) is 164 Å². The minimum absolute atomic E-state index is 0.103. The summed E-state index contributed by atoms with van der Waals surface area (Å²) in [5, 5.41) is 7.58. The zero-order chi connectivity index (χ0) is 30.8. The molecule has 0 fully saturated rings. The SMILES string of the molecule is CC1(C)c2ccccc2-c2ccc(N(c3ccccc3-c3ccccc3)c3cccc4ccc5ccc6ccccc6c5c34)cc21. The van der Waals surface area contributed by atoms with Gasteiger partial charge in [0.05, 0.1) is 11.4 Å². The maximum absolute atomic E-state index is 2.51. The van der Waals surface area contributed by atoms with Crippen molar-refractivity contribution in [3.8, 4) is 22.3 Å². The van der Waals surface area contributed by atoms with Crippen molar-refractivity contribution in [2.24, 2.45) is 0 Å². The highest BCUT2D eigenvalue weighted by Gasteiger charge is 2.36. The number of anilines is 3. The molecule has 0 saturated carbocycles. The Morgan fingerprint density at radius 3 is 1.87 bits per heavy atom. The summed E-state index contributed by atoms with van der Waals surface area (Å²) < 4.78 is 0. The molecule has 0 radical (unpaired) electrons. The van der Waals surface area contributed by atoms with Crippen LogP contribution in [0.4, 0.5) is 17.1 Å². The van der Waals surface area contributed by atoms with Gasteiger partial charge in [0.2, 0.25) is 0 Å². The lowest BCUT2D eigenvalue weighted by Crippen LogP contribution is -2.17. The molecule has 1 aliphatic carbocycles. The fourth-order valence-electron chi connectivity index (χ4n) is 7.81. The smallest absolute Gasteiger partial charge is 0.0546 e. The Morgan fingerprint density at radius 2 is 1.02 bits per heavy atom. The summed E-state index contributed by atoms with van der Waals surface area (Å²) in [4.78, 5) is 2.51. The molecule has 1 heteroatoms. The lowest BCUT2D eigenvalue weighted by molar-refractivity contribution is 0.660. The van der Waals surface area contributed by atoms with Crippen molar-refractivity contribution in [2.75, 3.05) is 4.90 Å². The predicted molar refractivity (Wildman–Crippen MR) is 197 cm³/mol. The van der Waals surface area contributed by atoms with Crippen LogP contribution in [-0.4, -0.2) is 0 Å². The third-order valence-electron chi connectivity index (χ3n) is 10.0. The van der Waals surface area contributed by atoms with Gasteiger partial charge < -0.3 is 4.90 Å². The zero-order valence-electron chi connectivity index (χ0n) is 26.0. The van der Waals surface area contributed by atoms with E-state index in [9.17, 15) is 0 Å². The van der Waals surface area contributed by atoms with Crippen molar-refractivity contribution in [1.82, 2.24) is 0 Å². The Kier molecular flexibility index (Phi) is 5.92. The van der Waals surface area contributed by atoms with E-state index in [0.29, 0.717) is 0 Å². The van der Waals surface area contributed by atoms with Crippen LogP contribution in [0, 0.1) is 0 Å². The zero-order valence-corrected chi connectivity index (χ0v) is 26.0. The van der Waals surface area contributed by atoms with Crippen LogP contribution in [0.3, 0.4) is 0 Å². The number of nitrogens with zero attached hydrogens (tertiary/aromatic N) is 1. The number of rotatable bonds is 4. The van der Waals surface area contributed by atoms with Crippen molar-refractivity contribution in [3.63, 3.8) is 0 Å². The average molecular weight is 588 g/mol. The molecule has 0 aromatic heterocycles. The Hall–Kier alpha value is -5.66. The average Bonchev–Trinajstić information content (AvgIpc) is 3.34. The van der Waals surface area contributed by atoms with Gasteiger partial charge in [0.1, 0.15) is 0 Å². The third kappa shape index (κ3) is 3.95. The van der Waals surface area contributed by atoms with Crippen molar-refractivity contribution in [1.29, 1.82) is 0 Å². The number of hydrogen-bond acceptors (Lipinski definition) is 1. The van der Waals surface area contributed by atoms with E-state index in [1.54, 1.807) is 0 Å². The number of hydrogen-bond donors (Lipinski definition) is 0. The molecule has 0 aliphatic heterocycles. The highest BCUT2D eigenvalue weighted by atomic mass is 15.1. The Balaban J connectivity index is 1.39. The van der Waals surface area contributed by atoms with Crippen molar-refractivity contribution in [3.05, 3.63) is 175 Å². The maximum atomic E-state index is 2.51. The molecule has 1 aliphatic rings. The second-order valence-corrected chi connectivity index (χ2v) is 12.9. The summed E-state index contributed by atoms with van der Waals surface area (Å²) in [6, 6.07) is 60.2. The minimum Gasteiger partial charge on any atom is -0.309 e. The van der Waals surface area contributed by atoms with E-state index in [1.165, 1.54) is 71.4 Å². The molecule has 1 nitrogen and oxygen atoms in total. The maximum Gasteiger partial charge on any atom is 0.0546 e. The quantitative estimate of drug-likeness (QED) is 0.185. The molecule has 8 aromatic carbocycles. The Labute approximate surface area is 270 Å². The van der Waals surface area contributed by atoms with E-state index in [2.05, 4.69) is 183 Å². The summed E-state index contributed by atoms with van der Waals surface area (Å²) in [6.45, 7) is 4.72. The van der Waals surface area contributed by atoms with Gasteiger partial charge in [-0.05, 0) is 79.0 Å². The molecule has 8 aromatic rings. The van der Waals surface area contributed by atoms with Gasteiger partial charge in [0.25, 0.3) is 0 Å². The fourth-order valence-corrected chi connectivity index (χ4v) is 7.81. The van der Waals surface area contributed by atoms with Crippen molar-refractivity contribution in [2.45, 2.75) is 19.3 Å². The van der Waals surface area contributed by atoms with Gasteiger partial charge in [0, 0.05) is 22.1 Å². The van der Waals surface area contributed by atoms with Gasteiger partial charge in [-0.25, -0.2) is 0 Å². The molecule has 0 saturated heterocycles. The summed E-state index contributed by atoms with van der Waals surface area (Å²) in [5.41, 5.74) is 11.2. The molecule has 0 bridgehead atoms. The molecule has 0 atom stereocenters. The van der Waals surface area contributed by atoms with Gasteiger partial charge in [-0.1, -0.05) is 153 Å². The Morgan fingerprint density at radius 1 is 0.413 bits per heavy atom. The first-order chi connectivity index (χ1) is 22.6. The predicted octanol–water partition coefficient (Wildman–Crippen LogP) is 12.6. The van der Waals surface area contributed by atoms with Crippen LogP contribution in [0.1, 0.15) is 25.0 Å². The number of fused-ring (bicyclic) bond motifs is 8. The number of para-hydroxylation sites is 1. The van der Waals surface area contributed by atoms with Gasteiger partial charge in [-0.2, -0.15) is 0 Å². The molecule has 0 heterocycles. The largest absolute Gasteiger partial charge is 0.309 e. The molecule has 0 spiro atoms. The molecule has 0 unspecified atom stereocenters. The van der Waals surface area contributed by atoms with E-state index >= 15 is 0 Å². The first-order valence-corrected chi connectivity index (χ1v) is 16.1. The van der Waals surface area contributed by atoms with Crippen molar-refractivity contribution < 1.29 is 0 Å². The second kappa shape index (κ2) is 10.2. The summed E-state index contributed by atoms with van der Waals surface area (Å²) >= 11 is 0. The fraction of sp³-hybridized carbons (Fsp3) is 0.0667. The molecular weight excluding hydrogens is 555 g/mol. The lowest BCUT2D eigenvalue weighted by atomic mass is 9.82. The number of benzene rings is 8. The first kappa shape index (κ1) is 26.7. The van der Waals surface area contributed by atoms with Crippen LogP contribution >= 0.6 is 0 Å². The molecule has 9 rings (SSSR count).